The molecule has 2 amide bonds. The normalized spacial score (nSPS) is 21.3. The molecule has 2 atom stereocenters. The van der Waals surface area contributed by atoms with Crippen LogP contribution in [0.4, 0.5) is 24.8 Å². The monoisotopic (exact) mass is 567 g/mol. The Morgan fingerprint density at radius 1 is 1.02 bits per heavy atom. The lowest BCUT2D eigenvalue weighted by molar-refractivity contribution is -0.148. The second-order valence-electron chi connectivity index (χ2n) is 11.2. The fraction of sp³-hybridized carbons (Fsp3) is 0.448. The maximum absolute atomic E-state index is 13.1. The molecule has 6 rings (SSSR count). The van der Waals surface area contributed by atoms with Crippen molar-refractivity contribution in [3.8, 4) is 0 Å². The van der Waals surface area contributed by atoms with Crippen LogP contribution >= 0.6 is 0 Å². The molecule has 0 aliphatic carbocycles. The quantitative estimate of drug-likeness (QED) is 0.484. The van der Waals surface area contributed by atoms with Gasteiger partial charge >= 0.3 is 6.18 Å². The van der Waals surface area contributed by atoms with Gasteiger partial charge in [0.05, 0.1) is 6.42 Å². The minimum atomic E-state index is -4.34. The summed E-state index contributed by atoms with van der Waals surface area (Å²) in [5, 5.41) is 7.74. The van der Waals surface area contributed by atoms with Gasteiger partial charge in [-0.25, -0.2) is 4.52 Å². The van der Waals surface area contributed by atoms with Gasteiger partial charge in [0.15, 0.2) is 5.65 Å². The van der Waals surface area contributed by atoms with Crippen LogP contribution in [0.25, 0.3) is 11.2 Å². The highest BCUT2D eigenvalue weighted by atomic mass is 19.4. The lowest BCUT2D eigenvalue weighted by Crippen LogP contribution is -2.35. The van der Waals surface area contributed by atoms with Gasteiger partial charge in [-0.3, -0.25) is 9.59 Å². The molecule has 0 radical (unpaired) electrons. The Labute approximate surface area is 235 Å². The molecule has 2 aromatic heterocycles. The average Bonchev–Trinajstić information content (AvgIpc) is 3.64. The number of hydrogen-bond donors (Lipinski definition) is 1. The third kappa shape index (κ3) is 5.92. The summed E-state index contributed by atoms with van der Waals surface area (Å²) < 4.78 is 39.1. The minimum absolute atomic E-state index is 0.0606. The topological polar surface area (TPSA) is 86.1 Å². The average molecular weight is 568 g/mol. The van der Waals surface area contributed by atoms with E-state index >= 15 is 0 Å². The second-order valence-corrected chi connectivity index (χ2v) is 11.2. The summed E-state index contributed by atoms with van der Waals surface area (Å²) in [5.74, 6) is 1.09. The van der Waals surface area contributed by atoms with Crippen LogP contribution in [0, 0.1) is 11.8 Å². The van der Waals surface area contributed by atoms with Crippen LogP contribution in [0.15, 0.2) is 48.7 Å². The molecule has 5 heterocycles. The number of carbonyl (C=O) groups is 2. The SMILES string of the molecule is CN1CC2CN(C(=O)c3ccc(Nc4nc5c(C6=CCN(C(=O)CCC(F)(F)F)CC6)cccn5n4)cc3)CC2C1. The van der Waals surface area contributed by atoms with Gasteiger partial charge in [0.2, 0.25) is 11.9 Å². The molecule has 2 saturated heterocycles. The first-order valence-corrected chi connectivity index (χ1v) is 13.9. The number of nitrogens with zero attached hydrogens (tertiary/aromatic N) is 6. The smallest absolute Gasteiger partial charge is 0.339 e. The zero-order valence-corrected chi connectivity index (χ0v) is 22.8. The van der Waals surface area contributed by atoms with E-state index in [9.17, 15) is 22.8 Å². The molecule has 12 heteroatoms. The van der Waals surface area contributed by atoms with Crippen molar-refractivity contribution in [1.29, 1.82) is 0 Å². The third-order valence-corrected chi connectivity index (χ3v) is 8.24. The molecular formula is C29H32F3N7O2. The van der Waals surface area contributed by atoms with Crippen LogP contribution in [-0.2, 0) is 4.79 Å². The number of nitrogens with one attached hydrogen (secondary N) is 1. The van der Waals surface area contributed by atoms with Crippen LogP contribution in [0.5, 0.6) is 0 Å². The molecule has 1 aromatic carbocycles. The first-order valence-electron chi connectivity index (χ1n) is 13.9. The number of halogens is 3. The molecule has 0 bridgehead atoms. The number of pyridine rings is 1. The molecule has 2 unspecified atom stereocenters. The lowest BCUT2D eigenvalue weighted by Gasteiger charge is -2.27. The zero-order valence-electron chi connectivity index (χ0n) is 22.8. The second kappa shape index (κ2) is 10.8. The molecule has 41 heavy (non-hydrogen) atoms. The molecular weight excluding hydrogens is 535 g/mol. The van der Waals surface area contributed by atoms with Crippen molar-refractivity contribution in [2.24, 2.45) is 11.8 Å². The molecule has 3 aliphatic heterocycles. The van der Waals surface area contributed by atoms with Gasteiger partial charge < -0.3 is 20.0 Å². The molecule has 0 saturated carbocycles. The number of anilines is 2. The minimum Gasteiger partial charge on any atom is -0.339 e. The van der Waals surface area contributed by atoms with Gasteiger partial charge in [0.25, 0.3) is 5.91 Å². The number of rotatable bonds is 6. The van der Waals surface area contributed by atoms with E-state index in [1.165, 1.54) is 4.90 Å². The van der Waals surface area contributed by atoms with E-state index < -0.39 is 24.9 Å². The molecule has 1 N–H and O–H groups in total. The first-order chi connectivity index (χ1) is 19.6. The Morgan fingerprint density at radius 2 is 1.76 bits per heavy atom. The summed E-state index contributed by atoms with van der Waals surface area (Å²) in [6.07, 6.45) is -1.81. The van der Waals surface area contributed by atoms with Crippen molar-refractivity contribution in [3.05, 3.63) is 59.8 Å². The van der Waals surface area contributed by atoms with Crippen molar-refractivity contribution in [3.63, 3.8) is 0 Å². The Balaban J connectivity index is 1.10. The van der Waals surface area contributed by atoms with Crippen LogP contribution < -0.4 is 5.32 Å². The van der Waals surface area contributed by atoms with Crippen molar-refractivity contribution < 1.29 is 22.8 Å². The van der Waals surface area contributed by atoms with Crippen molar-refractivity contribution in [1.82, 2.24) is 29.3 Å². The van der Waals surface area contributed by atoms with E-state index in [2.05, 4.69) is 27.3 Å². The summed E-state index contributed by atoms with van der Waals surface area (Å²) in [6.45, 7) is 4.32. The highest BCUT2D eigenvalue weighted by molar-refractivity contribution is 5.95. The van der Waals surface area contributed by atoms with Gasteiger partial charge in [-0.05, 0) is 67.3 Å². The fourth-order valence-electron chi connectivity index (χ4n) is 6.16. The Hall–Kier alpha value is -3.93. The number of hydrogen-bond acceptors (Lipinski definition) is 6. The Morgan fingerprint density at radius 3 is 2.41 bits per heavy atom. The van der Waals surface area contributed by atoms with E-state index in [1.807, 2.05) is 47.4 Å². The number of amides is 2. The zero-order chi connectivity index (χ0) is 28.7. The largest absolute Gasteiger partial charge is 0.389 e. The summed E-state index contributed by atoms with van der Waals surface area (Å²) in [7, 11) is 2.13. The number of likely N-dealkylation sites (tertiary alicyclic amines) is 2. The molecule has 9 nitrogen and oxygen atoms in total. The van der Waals surface area contributed by atoms with Crippen molar-refractivity contribution >= 4 is 34.7 Å². The van der Waals surface area contributed by atoms with E-state index in [4.69, 9.17) is 0 Å². The molecule has 0 spiro atoms. The first kappa shape index (κ1) is 27.3. The highest BCUT2D eigenvalue weighted by Crippen LogP contribution is 2.31. The maximum Gasteiger partial charge on any atom is 0.389 e. The number of benzene rings is 1. The van der Waals surface area contributed by atoms with E-state index in [1.54, 1.807) is 10.7 Å². The summed E-state index contributed by atoms with van der Waals surface area (Å²) in [4.78, 5) is 35.7. The summed E-state index contributed by atoms with van der Waals surface area (Å²) in [6, 6.07) is 11.1. The molecule has 3 aromatic rings. The molecule has 216 valence electrons. The number of carbonyl (C=O) groups excluding carboxylic acids is 2. The molecule has 2 fully saturated rings. The van der Waals surface area contributed by atoms with E-state index in [0.29, 0.717) is 42.0 Å². The van der Waals surface area contributed by atoms with Crippen LogP contribution in [-0.4, -0.2) is 93.6 Å². The van der Waals surface area contributed by atoms with Crippen LogP contribution in [0.3, 0.4) is 0 Å². The predicted molar refractivity (Wildman–Crippen MR) is 148 cm³/mol. The van der Waals surface area contributed by atoms with Gasteiger partial charge in [-0.2, -0.15) is 18.2 Å². The fourth-order valence-corrected chi connectivity index (χ4v) is 6.16. The number of fused-ring (bicyclic) bond motifs is 2. The Bertz CT molecular complexity index is 1470. The third-order valence-electron chi connectivity index (χ3n) is 8.24. The van der Waals surface area contributed by atoms with Gasteiger partial charge in [-0.1, -0.05) is 6.08 Å². The lowest BCUT2D eigenvalue weighted by atomic mass is 10.00. The van der Waals surface area contributed by atoms with E-state index in [0.717, 1.165) is 43.0 Å². The molecule has 3 aliphatic rings. The van der Waals surface area contributed by atoms with Crippen molar-refractivity contribution in [2.75, 3.05) is 51.6 Å². The maximum atomic E-state index is 13.1. The standard InChI is InChI=1S/C29H32F3N7O2/c1-36-15-21-17-38(18-22(21)16-36)27(41)20-4-6-23(7-5-20)33-28-34-26-24(3-2-12-39(26)35-28)19-9-13-37(14-10-19)25(40)8-11-29(30,31)32/h2-7,9,12,21-22H,8,10-11,13-18H2,1H3,(H,33,35). The van der Waals surface area contributed by atoms with Gasteiger partial charge in [0, 0.05) is 68.7 Å². The predicted octanol–water partition coefficient (Wildman–Crippen LogP) is 4.06. The number of alkyl halides is 3. The van der Waals surface area contributed by atoms with Gasteiger partial charge in [0.1, 0.15) is 0 Å². The van der Waals surface area contributed by atoms with E-state index in [-0.39, 0.29) is 12.5 Å². The highest BCUT2D eigenvalue weighted by Gasteiger charge is 2.40. The van der Waals surface area contributed by atoms with Crippen LogP contribution in [0.2, 0.25) is 0 Å². The Kier molecular flexibility index (Phi) is 7.18. The summed E-state index contributed by atoms with van der Waals surface area (Å²) in [5.41, 5.74) is 3.87. The van der Waals surface area contributed by atoms with Gasteiger partial charge in [-0.15, -0.1) is 5.10 Å². The van der Waals surface area contributed by atoms with Crippen LogP contribution in [0.1, 0.15) is 35.2 Å². The summed E-state index contributed by atoms with van der Waals surface area (Å²) >= 11 is 0. The number of aromatic nitrogens is 3. The van der Waals surface area contributed by atoms with Crippen molar-refractivity contribution in [2.45, 2.75) is 25.4 Å².